The third-order valence-corrected chi connectivity index (χ3v) is 4.73. The van der Waals surface area contributed by atoms with E-state index in [-0.39, 0.29) is 24.7 Å². The SMILES string of the molecule is Cc1ccc(C)c(OCC(=O)Nc2cccc(OCc3cc(=O)n4oc(C)cc4n3)c2)c1. The second kappa shape index (κ2) is 8.97. The summed E-state index contributed by atoms with van der Waals surface area (Å²) in [7, 11) is 0. The van der Waals surface area contributed by atoms with Crippen molar-refractivity contribution in [1.29, 1.82) is 0 Å². The van der Waals surface area contributed by atoms with Crippen molar-refractivity contribution in [3.8, 4) is 11.5 Å². The Balaban J connectivity index is 1.36. The van der Waals surface area contributed by atoms with E-state index in [1.165, 1.54) is 6.07 Å². The first-order valence-electron chi connectivity index (χ1n) is 10.1. The van der Waals surface area contributed by atoms with Crippen LogP contribution in [0.15, 0.2) is 63.9 Å². The number of nitrogens with zero attached hydrogens (tertiary/aromatic N) is 2. The highest BCUT2D eigenvalue weighted by Gasteiger charge is 2.09. The molecule has 0 radical (unpaired) electrons. The molecule has 0 saturated carbocycles. The monoisotopic (exact) mass is 433 g/mol. The standard InChI is InChI=1S/C24H23N3O5/c1-15-7-8-16(2)21(9-15)31-14-23(28)26-18-5-4-6-20(11-18)30-13-19-12-24(29)27-22(25-19)10-17(3)32-27/h4-12H,13-14H2,1-3H3,(H,26,28). The van der Waals surface area contributed by atoms with Crippen molar-refractivity contribution in [3.05, 3.63) is 87.5 Å². The minimum atomic E-state index is -0.313. The average molecular weight is 433 g/mol. The molecule has 4 rings (SSSR count). The van der Waals surface area contributed by atoms with Gasteiger partial charge < -0.3 is 19.3 Å². The maximum atomic E-state index is 12.3. The minimum Gasteiger partial charge on any atom is -0.487 e. The van der Waals surface area contributed by atoms with Gasteiger partial charge in [-0.05, 0) is 50.1 Å². The molecule has 8 nitrogen and oxygen atoms in total. The molecule has 0 spiro atoms. The molecule has 2 aromatic carbocycles. The van der Waals surface area contributed by atoms with Crippen LogP contribution in [0.4, 0.5) is 5.69 Å². The van der Waals surface area contributed by atoms with E-state index in [0.717, 1.165) is 15.7 Å². The van der Waals surface area contributed by atoms with E-state index >= 15 is 0 Å². The predicted octanol–water partition coefficient (Wildman–Crippen LogP) is 3.81. The zero-order valence-electron chi connectivity index (χ0n) is 18.0. The molecular formula is C24H23N3O5. The maximum absolute atomic E-state index is 12.3. The molecule has 164 valence electrons. The number of hydrogen-bond acceptors (Lipinski definition) is 6. The van der Waals surface area contributed by atoms with Crippen molar-refractivity contribution < 1.29 is 18.8 Å². The lowest BCUT2D eigenvalue weighted by Crippen LogP contribution is -2.20. The Morgan fingerprint density at radius 1 is 1.06 bits per heavy atom. The number of amides is 1. The molecule has 0 aliphatic rings. The Labute approximate surface area is 184 Å². The number of benzene rings is 2. The van der Waals surface area contributed by atoms with E-state index in [0.29, 0.717) is 34.3 Å². The fraction of sp³-hybridized carbons (Fsp3) is 0.208. The third-order valence-electron chi connectivity index (χ3n) is 4.73. The van der Waals surface area contributed by atoms with Gasteiger partial charge in [0.1, 0.15) is 23.9 Å². The number of anilines is 1. The summed E-state index contributed by atoms with van der Waals surface area (Å²) in [6, 6.07) is 15.9. The van der Waals surface area contributed by atoms with E-state index in [1.807, 2.05) is 32.0 Å². The molecule has 2 heterocycles. The van der Waals surface area contributed by atoms with Gasteiger partial charge in [-0.25, -0.2) is 4.98 Å². The van der Waals surface area contributed by atoms with Gasteiger partial charge in [0, 0.05) is 23.9 Å². The predicted molar refractivity (Wildman–Crippen MR) is 119 cm³/mol. The molecular weight excluding hydrogens is 410 g/mol. The van der Waals surface area contributed by atoms with Crippen LogP contribution in [0, 0.1) is 20.8 Å². The van der Waals surface area contributed by atoms with Crippen molar-refractivity contribution in [1.82, 2.24) is 9.56 Å². The zero-order chi connectivity index (χ0) is 22.7. The highest BCUT2D eigenvalue weighted by molar-refractivity contribution is 5.92. The second-order valence-electron chi connectivity index (χ2n) is 7.51. The first-order chi connectivity index (χ1) is 15.4. The average Bonchev–Trinajstić information content (AvgIpc) is 3.14. The highest BCUT2D eigenvalue weighted by atomic mass is 16.5. The van der Waals surface area contributed by atoms with Gasteiger partial charge in [-0.1, -0.05) is 18.2 Å². The quantitative estimate of drug-likeness (QED) is 0.476. The van der Waals surface area contributed by atoms with Crippen molar-refractivity contribution in [2.45, 2.75) is 27.4 Å². The van der Waals surface area contributed by atoms with E-state index < -0.39 is 0 Å². The van der Waals surface area contributed by atoms with Gasteiger partial charge in [-0.15, -0.1) is 4.57 Å². The van der Waals surface area contributed by atoms with Crippen molar-refractivity contribution in [2.24, 2.45) is 0 Å². The minimum absolute atomic E-state index is 0.100. The molecule has 32 heavy (non-hydrogen) atoms. The Hall–Kier alpha value is -4.07. The molecule has 2 aromatic heterocycles. The summed E-state index contributed by atoms with van der Waals surface area (Å²) in [5.74, 6) is 1.53. The smallest absolute Gasteiger partial charge is 0.287 e. The topological polar surface area (TPSA) is 95.1 Å². The number of carbonyl (C=O) groups is 1. The summed E-state index contributed by atoms with van der Waals surface area (Å²) in [4.78, 5) is 28.8. The Kier molecular flexibility index (Phi) is 5.93. The summed E-state index contributed by atoms with van der Waals surface area (Å²) in [6.07, 6.45) is 0. The maximum Gasteiger partial charge on any atom is 0.287 e. The molecule has 0 atom stereocenters. The van der Waals surface area contributed by atoms with Crippen LogP contribution >= 0.6 is 0 Å². The fourth-order valence-corrected chi connectivity index (χ4v) is 3.17. The third kappa shape index (κ3) is 4.97. The summed E-state index contributed by atoms with van der Waals surface area (Å²) in [5, 5.41) is 2.80. The Bertz CT molecular complexity index is 1340. The van der Waals surface area contributed by atoms with Gasteiger partial charge in [-0.3, -0.25) is 9.59 Å². The number of aryl methyl sites for hydroxylation is 3. The van der Waals surface area contributed by atoms with Crippen LogP contribution in [0.25, 0.3) is 5.65 Å². The number of ether oxygens (including phenoxy) is 2. The summed E-state index contributed by atoms with van der Waals surface area (Å²) in [5.41, 5.74) is 3.20. The Morgan fingerprint density at radius 2 is 1.91 bits per heavy atom. The Morgan fingerprint density at radius 3 is 2.75 bits per heavy atom. The van der Waals surface area contributed by atoms with Crippen LogP contribution in [-0.4, -0.2) is 22.1 Å². The van der Waals surface area contributed by atoms with Gasteiger partial charge in [-0.2, -0.15) is 0 Å². The van der Waals surface area contributed by atoms with E-state index in [1.54, 1.807) is 37.3 Å². The van der Waals surface area contributed by atoms with Gasteiger partial charge in [0.25, 0.3) is 11.5 Å². The number of hydrogen-bond donors (Lipinski definition) is 1. The lowest BCUT2D eigenvalue weighted by atomic mass is 10.1. The fourth-order valence-electron chi connectivity index (χ4n) is 3.17. The van der Waals surface area contributed by atoms with Crippen LogP contribution in [0.3, 0.4) is 0 Å². The number of nitrogens with one attached hydrogen (secondary N) is 1. The molecule has 0 aliphatic carbocycles. The molecule has 0 fully saturated rings. The molecule has 1 amide bonds. The lowest BCUT2D eigenvalue weighted by molar-refractivity contribution is -0.118. The van der Waals surface area contributed by atoms with Gasteiger partial charge in [0.05, 0.1) is 5.69 Å². The van der Waals surface area contributed by atoms with E-state index in [9.17, 15) is 9.59 Å². The van der Waals surface area contributed by atoms with Crippen molar-refractivity contribution in [3.63, 3.8) is 0 Å². The van der Waals surface area contributed by atoms with Crippen LogP contribution in [0.5, 0.6) is 11.5 Å². The molecule has 0 saturated heterocycles. The van der Waals surface area contributed by atoms with Crippen LogP contribution in [0.1, 0.15) is 22.6 Å². The number of carbonyl (C=O) groups excluding carboxylic acids is 1. The molecule has 1 N–H and O–H groups in total. The van der Waals surface area contributed by atoms with Gasteiger partial charge >= 0.3 is 0 Å². The van der Waals surface area contributed by atoms with Crippen molar-refractivity contribution in [2.75, 3.05) is 11.9 Å². The molecule has 0 aliphatic heterocycles. The van der Waals surface area contributed by atoms with E-state index in [2.05, 4.69) is 10.3 Å². The second-order valence-corrected chi connectivity index (χ2v) is 7.51. The number of aromatic nitrogens is 2. The first kappa shape index (κ1) is 21.2. The zero-order valence-corrected chi connectivity index (χ0v) is 18.0. The van der Waals surface area contributed by atoms with Crippen LogP contribution in [0.2, 0.25) is 0 Å². The first-order valence-corrected chi connectivity index (χ1v) is 10.1. The van der Waals surface area contributed by atoms with Gasteiger partial charge in [0.2, 0.25) is 0 Å². The highest BCUT2D eigenvalue weighted by Crippen LogP contribution is 2.20. The summed E-state index contributed by atoms with van der Waals surface area (Å²) < 4.78 is 17.8. The summed E-state index contributed by atoms with van der Waals surface area (Å²) >= 11 is 0. The largest absolute Gasteiger partial charge is 0.487 e. The van der Waals surface area contributed by atoms with Crippen LogP contribution in [-0.2, 0) is 11.4 Å². The van der Waals surface area contributed by atoms with Gasteiger partial charge in [0.15, 0.2) is 12.3 Å². The molecule has 8 heteroatoms. The lowest BCUT2D eigenvalue weighted by Gasteiger charge is -2.11. The van der Waals surface area contributed by atoms with E-state index in [4.69, 9.17) is 14.0 Å². The molecule has 0 bridgehead atoms. The molecule has 0 unspecified atom stereocenters. The number of fused-ring (bicyclic) bond motifs is 1. The van der Waals surface area contributed by atoms with Crippen molar-refractivity contribution >= 4 is 17.2 Å². The summed E-state index contributed by atoms with van der Waals surface area (Å²) in [6.45, 7) is 5.65. The van der Waals surface area contributed by atoms with Crippen LogP contribution < -0.4 is 20.3 Å². The molecule has 4 aromatic rings. The normalized spacial score (nSPS) is 10.8. The number of rotatable bonds is 7.